The second-order valence-corrected chi connectivity index (χ2v) is 50.2. The van der Waals surface area contributed by atoms with Crippen molar-refractivity contribution in [3.05, 3.63) is 0 Å². The molecule has 24 bridgehead atoms. The number of esters is 6. The Balaban J connectivity index is 0.000000422. The molecule has 24 aliphatic rings. The van der Waals surface area contributed by atoms with E-state index in [1.165, 1.54) is 193 Å². The molecule has 24 saturated carbocycles. The standard InChI is InChI=1S/C20H32O3.C19H30O3.C19H32O2.C18H30O3.C18H30O2.C17H28O3.12CH4/c1-5-20(3,4)19(21)23-11(2)22-16-10-14-9-15(16)18-13-7-6-12(8-13)17(14)18;1-4-10(2)19(20)22-11(3)21-16-9-14-8-15(16)18-13-6-5-12(7-13)17(14)18;1-6-18(4,5)17(20)21-19(12(2)3)15-8-13-7-14(10-15)11-16(19)9-13;1-5-18(3,4)17(19)21-11(2)20-16-14-7-12-6-13(9-14)10-15(16)8-12;1-5-12(4)17(19)20-18(11(2)3)15-7-13-6-14(9-15)10-16(18)8-13;1-4-10(2)17(18)20-11(3)19-16-14-6-12-5-13(8-14)9-15(16)7-12;;;;;;;;;;;;/h11-18H,5-10H2,1-4H3;10-18H,4-9H2,1-3H3;12-16H,6-11H2,1-5H3;11-16H,5-10H2,1-4H3;11-16H,5-10H2,1-4H3;10-16H,4-9H2,1-3H3;12*1H4. The molecule has 24 aliphatic carbocycles. The van der Waals surface area contributed by atoms with Crippen LogP contribution in [0.2, 0.25) is 0 Å². The zero-order valence-corrected chi connectivity index (χ0v) is 84.2. The van der Waals surface area contributed by atoms with Gasteiger partial charge in [-0.2, -0.15) is 0 Å². The summed E-state index contributed by atoms with van der Waals surface area (Å²) in [7, 11) is 0. The van der Waals surface area contributed by atoms with Crippen molar-refractivity contribution in [2.75, 3.05) is 0 Å². The van der Waals surface area contributed by atoms with Crippen LogP contribution in [0.4, 0.5) is 0 Å². The third-order valence-electron chi connectivity index (χ3n) is 40.7. The fraction of sp³-hybridized carbons (Fsp3) is 0.951. The first-order chi connectivity index (χ1) is 60.2. The number of carbonyl (C=O) groups is 6. The van der Waals surface area contributed by atoms with Gasteiger partial charge in [0, 0.05) is 0 Å². The Morgan fingerprint density at radius 3 is 0.784 bits per heavy atom. The van der Waals surface area contributed by atoms with Crippen molar-refractivity contribution in [1.82, 2.24) is 0 Å². The molecule has 0 N–H and O–H groups in total. The molecule has 0 heterocycles. The smallest absolute Gasteiger partial charge is 0.313 e. The minimum Gasteiger partial charge on any atom is -0.458 e. The van der Waals surface area contributed by atoms with E-state index in [9.17, 15) is 28.8 Å². The lowest BCUT2D eigenvalue weighted by atomic mass is 9.47. The zero-order chi connectivity index (χ0) is 91.2. The highest BCUT2D eigenvalue weighted by molar-refractivity contribution is 5.77. The van der Waals surface area contributed by atoms with Crippen LogP contribution in [0.15, 0.2) is 0 Å². The van der Waals surface area contributed by atoms with Gasteiger partial charge < -0.3 is 47.4 Å². The number of ether oxygens (including phenoxy) is 10. The summed E-state index contributed by atoms with van der Waals surface area (Å²) >= 11 is 0. The van der Waals surface area contributed by atoms with Gasteiger partial charge in [0.15, 0.2) is 25.2 Å². The third-order valence-corrected chi connectivity index (χ3v) is 40.7. The maximum atomic E-state index is 12.8. The van der Waals surface area contributed by atoms with Gasteiger partial charge in [0.2, 0.25) is 0 Å². The Morgan fingerprint density at radius 1 is 0.259 bits per heavy atom. The van der Waals surface area contributed by atoms with Crippen LogP contribution in [0.25, 0.3) is 0 Å². The van der Waals surface area contributed by atoms with Gasteiger partial charge in [-0.25, -0.2) is 0 Å². The van der Waals surface area contributed by atoms with E-state index in [0.29, 0.717) is 71.8 Å². The van der Waals surface area contributed by atoms with Crippen molar-refractivity contribution in [2.24, 2.45) is 212 Å². The summed E-state index contributed by atoms with van der Waals surface area (Å²) in [5.41, 5.74) is -1.49. The monoisotopic (exact) mass is 1960 g/mol. The summed E-state index contributed by atoms with van der Waals surface area (Å²) in [5, 5.41) is 0. The molecule has 139 heavy (non-hydrogen) atoms. The molecule has 0 saturated heterocycles. The van der Waals surface area contributed by atoms with Gasteiger partial charge in [-0.1, -0.05) is 179 Å². The lowest BCUT2D eigenvalue weighted by Gasteiger charge is -2.62. The lowest BCUT2D eigenvalue weighted by molar-refractivity contribution is -0.231. The number of fused-ring (bicyclic) bond motifs is 18. The first-order valence-electron chi connectivity index (χ1n) is 54.1. The number of hydrogen-bond donors (Lipinski definition) is 0. The van der Waals surface area contributed by atoms with Gasteiger partial charge in [-0.15, -0.1) is 0 Å². The average Bonchev–Trinajstić information content (AvgIpc) is 1.63. The van der Waals surface area contributed by atoms with Gasteiger partial charge in [-0.3, -0.25) is 28.8 Å². The second kappa shape index (κ2) is 52.7. The first kappa shape index (κ1) is 130. The Kier molecular flexibility index (Phi) is 49.2. The van der Waals surface area contributed by atoms with Crippen molar-refractivity contribution < 1.29 is 76.1 Å². The minimum absolute atomic E-state index is 0. The highest BCUT2D eigenvalue weighted by Gasteiger charge is 2.67. The van der Waals surface area contributed by atoms with Crippen molar-refractivity contribution in [3.8, 4) is 0 Å². The Hall–Kier alpha value is -3.34. The maximum Gasteiger partial charge on any atom is 0.313 e. The van der Waals surface area contributed by atoms with Gasteiger partial charge >= 0.3 is 35.8 Å². The van der Waals surface area contributed by atoms with Crippen LogP contribution in [0.3, 0.4) is 0 Å². The highest BCUT2D eigenvalue weighted by Crippen LogP contribution is 2.71. The summed E-state index contributed by atoms with van der Waals surface area (Å²) in [6.07, 6.45) is 45.6. The van der Waals surface area contributed by atoms with E-state index in [0.717, 1.165) is 169 Å². The van der Waals surface area contributed by atoms with Crippen LogP contribution in [-0.4, -0.2) is 96.6 Å². The molecule has 0 aliphatic heterocycles. The largest absolute Gasteiger partial charge is 0.458 e. The van der Waals surface area contributed by atoms with Crippen LogP contribution in [-0.2, 0) is 76.1 Å². The summed E-state index contributed by atoms with van der Waals surface area (Å²) in [6.45, 7) is 46.5. The van der Waals surface area contributed by atoms with Crippen LogP contribution >= 0.6 is 0 Å². The SMILES string of the molecule is C.C.C.C.C.C.C.C.C.C.C.C.CCC(C)(C)C(=O)OC(C)OC1C2CC3CC(C2)CC1C3.CCC(C)(C)C(=O)OC(C)OC1CC2CC1C1C3CCC(C3)C21.CCC(C)(C)C(=O)OC1(C(C)C)C2CC3CC(C2)CC1C3.CCC(C)C(=O)OC(C)OC1C2CC3CC(C2)CC1C3.CCC(C)C(=O)OC(C)OC1CC2CC1C1C3CCC(C3)C21.CCC(C)C(=O)OC1(C(C)C)C2CC3CC(C2)CC1C3. The molecule has 24 rings (SSSR count). The lowest BCUT2D eigenvalue weighted by Crippen LogP contribution is -2.63. The van der Waals surface area contributed by atoms with E-state index < -0.39 is 23.4 Å². The number of carbonyl (C=O) groups excluding carboxylic acids is 6. The molecule has 0 aromatic heterocycles. The van der Waals surface area contributed by atoms with E-state index in [1.54, 1.807) is 0 Å². The predicted molar refractivity (Wildman–Crippen MR) is 577 cm³/mol. The van der Waals surface area contributed by atoms with Gasteiger partial charge in [0.05, 0.1) is 58.4 Å². The molecule has 0 aromatic carbocycles. The van der Waals surface area contributed by atoms with Gasteiger partial charge in [0.25, 0.3) is 0 Å². The van der Waals surface area contributed by atoms with E-state index in [-0.39, 0.29) is 172 Å². The zero-order valence-electron chi connectivity index (χ0n) is 84.2. The van der Waals surface area contributed by atoms with Crippen molar-refractivity contribution in [3.63, 3.8) is 0 Å². The minimum atomic E-state index is -0.415. The summed E-state index contributed by atoms with van der Waals surface area (Å²) in [4.78, 5) is 73.3. The Bertz CT molecular complexity index is 3610. The Labute approximate surface area is 858 Å². The molecule has 0 radical (unpaired) electrons. The maximum absolute atomic E-state index is 12.8. The average molecular weight is 1970 g/mol. The topological polar surface area (TPSA) is 195 Å². The van der Waals surface area contributed by atoms with Crippen LogP contribution < -0.4 is 0 Å². The normalized spacial score (nSPS) is 39.5. The van der Waals surface area contributed by atoms with Gasteiger partial charge in [0.1, 0.15) is 11.2 Å². The molecular weight excluding hydrogens is 1730 g/mol. The molecule has 0 aromatic rings. The molecule has 24 fully saturated rings. The van der Waals surface area contributed by atoms with E-state index in [1.807, 2.05) is 118 Å². The van der Waals surface area contributed by atoms with Crippen LogP contribution in [0.1, 0.15) is 480 Å². The molecule has 16 nitrogen and oxygen atoms in total. The molecule has 0 spiro atoms. The van der Waals surface area contributed by atoms with E-state index in [4.69, 9.17) is 47.4 Å². The van der Waals surface area contributed by atoms with Crippen molar-refractivity contribution in [2.45, 2.75) is 540 Å². The van der Waals surface area contributed by atoms with E-state index >= 15 is 0 Å². The highest BCUT2D eigenvalue weighted by atomic mass is 16.7. The quantitative estimate of drug-likeness (QED) is 0.0310. The molecule has 818 valence electrons. The summed E-state index contributed by atoms with van der Waals surface area (Å²) < 4.78 is 59.5. The van der Waals surface area contributed by atoms with Crippen LogP contribution in [0.5, 0.6) is 0 Å². The van der Waals surface area contributed by atoms with Crippen molar-refractivity contribution in [1.29, 1.82) is 0 Å². The fourth-order valence-corrected chi connectivity index (χ4v) is 33.5. The molecule has 0 amide bonds. The van der Waals surface area contributed by atoms with Gasteiger partial charge in [-0.05, 0) is 478 Å². The summed E-state index contributed by atoms with van der Waals surface area (Å²) in [5.74, 6) is 24.4. The fourth-order valence-electron chi connectivity index (χ4n) is 33.5. The Morgan fingerprint density at radius 2 is 0.504 bits per heavy atom. The molecule has 21 unspecified atom stereocenters. The predicted octanol–water partition coefficient (Wildman–Crippen LogP) is 33.2. The number of hydrogen-bond acceptors (Lipinski definition) is 16. The second-order valence-electron chi connectivity index (χ2n) is 50.2. The van der Waals surface area contributed by atoms with E-state index in [2.05, 4.69) is 41.5 Å². The molecular formula is C123H230O16. The first-order valence-corrected chi connectivity index (χ1v) is 54.1. The molecule has 16 heteroatoms. The van der Waals surface area contributed by atoms with Crippen molar-refractivity contribution >= 4 is 35.8 Å². The number of rotatable bonds is 28. The third kappa shape index (κ3) is 26.7. The van der Waals surface area contributed by atoms with Crippen LogP contribution in [0, 0.1) is 212 Å². The molecule has 21 atom stereocenters. The summed E-state index contributed by atoms with van der Waals surface area (Å²) in [6, 6.07) is 0.